The summed E-state index contributed by atoms with van der Waals surface area (Å²) in [6.07, 6.45) is -2.76. The Morgan fingerprint density at radius 2 is 2.22 bits per heavy atom. The van der Waals surface area contributed by atoms with E-state index in [9.17, 15) is 13.2 Å². The third-order valence-corrected chi connectivity index (χ3v) is 2.94. The molecule has 1 saturated heterocycles. The minimum atomic E-state index is -4.47. The van der Waals surface area contributed by atoms with E-state index in [2.05, 4.69) is 10.3 Å². The average Bonchev–Trinajstić information content (AvgIpc) is 2.66. The van der Waals surface area contributed by atoms with E-state index in [1.165, 1.54) is 0 Å². The molecule has 2 rings (SSSR count). The largest absolute Gasteiger partial charge is 0.433 e. The van der Waals surface area contributed by atoms with Gasteiger partial charge in [0.25, 0.3) is 0 Å². The van der Waals surface area contributed by atoms with Crippen LogP contribution in [0.1, 0.15) is 19.0 Å². The number of nitrogens with one attached hydrogen (secondary N) is 1. The summed E-state index contributed by atoms with van der Waals surface area (Å²) in [6.45, 7) is 2.46. The van der Waals surface area contributed by atoms with Crippen molar-refractivity contribution < 1.29 is 17.9 Å². The van der Waals surface area contributed by atoms with Crippen molar-refractivity contribution in [1.82, 2.24) is 4.98 Å². The number of pyridine rings is 1. The molecule has 7 heteroatoms. The van der Waals surface area contributed by atoms with E-state index < -0.39 is 11.9 Å². The molecule has 0 saturated carbocycles. The Hall–Kier alpha value is -1.50. The Balaban J connectivity index is 2.21. The molecule has 0 radical (unpaired) electrons. The van der Waals surface area contributed by atoms with Gasteiger partial charge >= 0.3 is 6.18 Å². The summed E-state index contributed by atoms with van der Waals surface area (Å²) in [5.41, 5.74) is 5.12. The van der Waals surface area contributed by atoms with Crippen molar-refractivity contribution in [3.8, 4) is 0 Å². The molecular formula is C11H14F3N3O. The van der Waals surface area contributed by atoms with E-state index in [0.29, 0.717) is 6.61 Å². The zero-order valence-electron chi connectivity index (χ0n) is 9.79. The molecule has 2 atom stereocenters. The van der Waals surface area contributed by atoms with Crippen LogP contribution in [0.4, 0.5) is 24.5 Å². The molecule has 0 amide bonds. The highest BCUT2D eigenvalue weighted by Gasteiger charge is 2.33. The minimum Gasteiger partial charge on any atom is -0.396 e. The molecule has 1 aromatic heterocycles. The van der Waals surface area contributed by atoms with Crippen LogP contribution in [0.5, 0.6) is 0 Å². The molecule has 0 aromatic carbocycles. The van der Waals surface area contributed by atoms with Crippen molar-refractivity contribution in [3.05, 3.63) is 18.0 Å². The van der Waals surface area contributed by atoms with Gasteiger partial charge in [0.05, 0.1) is 29.7 Å². The number of hydrogen-bond donors (Lipinski definition) is 2. The molecule has 1 aliphatic heterocycles. The molecule has 100 valence electrons. The number of nitrogens with zero attached hydrogens (tertiary/aromatic N) is 1. The SMILES string of the molecule is CC1OCCC1Nc1cc(C(F)(F)F)ncc1N. The zero-order chi connectivity index (χ0) is 13.3. The van der Waals surface area contributed by atoms with Gasteiger partial charge in [-0.15, -0.1) is 0 Å². The second-order valence-corrected chi connectivity index (χ2v) is 4.27. The van der Waals surface area contributed by atoms with E-state index in [-0.39, 0.29) is 23.5 Å². The van der Waals surface area contributed by atoms with Crippen LogP contribution in [0.3, 0.4) is 0 Å². The summed E-state index contributed by atoms with van der Waals surface area (Å²) in [5.74, 6) is 0. The normalized spacial score (nSPS) is 24.2. The topological polar surface area (TPSA) is 60.2 Å². The Morgan fingerprint density at radius 1 is 1.50 bits per heavy atom. The molecule has 3 N–H and O–H groups in total. The fourth-order valence-corrected chi connectivity index (χ4v) is 1.87. The van der Waals surface area contributed by atoms with Crippen LogP contribution < -0.4 is 11.1 Å². The fraction of sp³-hybridized carbons (Fsp3) is 0.545. The highest BCUT2D eigenvalue weighted by Crippen LogP contribution is 2.32. The Kier molecular flexibility index (Phi) is 3.34. The molecule has 0 aliphatic carbocycles. The molecule has 4 nitrogen and oxygen atoms in total. The van der Waals surface area contributed by atoms with Crippen molar-refractivity contribution in [3.63, 3.8) is 0 Å². The maximum absolute atomic E-state index is 12.5. The van der Waals surface area contributed by atoms with Crippen molar-refractivity contribution in [2.24, 2.45) is 0 Å². The molecule has 0 spiro atoms. The Morgan fingerprint density at radius 3 is 2.78 bits per heavy atom. The monoisotopic (exact) mass is 261 g/mol. The van der Waals surface area contributed by atoms with Gasteiger partial charge < -0.3 is 15.8 Å². The van der Waals surface area contributed by atoms with E-state index >= 15 is 0 Å². The van der Waals surface area contributed by atoms with Crippen LogP contribution >= 0.6 is 0 Å². The zero-order valence-corrected chi connectivity index (χ0v) is 9.79. The van der Waals surface area contributed by atoms with Gasteiger partial charge in [-0.2, -0.15) is 13.2 Å². The number of ether oxygens (including phenoxy) is 1. The van der Waals surface area contributed by atoms with E-state index in [1.807, 2.05) is 6.92 Å². The van der Waals surface area contributed by atoms with Gasteiger partial charge in [-0.3, -0.25) is 0 Å². The van der Waals surface area contributed by atoms with Crippen molar-refractivity contribution in [2.75, 3.05) is 17.7 Å². The Bertz CT molecular complexity index is 436. The average molecular weight is 261 g/mol. The number of halogens is 3. The molecule has 2 unspecified atom stereocenters. The molecule has 2 heterocycles. The van der Waals surface area contributed by atoms with Crippen LogP contribution in [0.15, 0.2) is 12.3 Å². The van der Waals surface area contributed by atoms with Gasteiger partial charge in [-0.1, -0.05) is 0 Å². The molecule has 1 aliphatic rings. The number of aromatic nitrogens is 1. The lowest BCUT2D eigenvalue weighted by atomic mass is 10.1. The maximum atomic E-state index is 12.5. The highest BCUT2D eigenvalue weighted by molar-refractivity contribution is 5.66. The number of alkyl halides is 3. The first kappa shape index (κ1) is 12.9. The van der Waals surface area contributed by atoms with Gasteiger partial charge in [-0.05, 0) is 19.4 Å². The standard InChI is InChI=1S/C11H14F3N3O/c1-6-8(2-3-18-6)17-9-4-10(11(12,13)14)16-5-7(9)15/h4-6,8H,2-3,15H2,1H3,(H,16,17). The Labute approximate surface area is 102 Å². The van der Waals surface area contributed by atoms with E-state index in [4.69, 9.17) is 10.5 Å². The first-order valence-corrected chi connectivity index (χ1v) is 5.59. The molecule has 1 fully saturated rings. The summed E-state index contributed by atoms with van der Waals surface area (Å²) in [4.78, 5) is 3.28. The predicted octanol–water partition coefficient (Wildman–Crippen LogP) is 2.27. The van der Waals surface area contributed by atoms with Crippen molar-refractivity contribution >= 4 is 11.4 Å². The second-order valence-electron chi connectivity index (χ2n) is 4.27. The van der Waals surface area contributed by atoms with Crippen LogP contribution in [0.2, 0.25) is 0 Å². The summed E-state index contributed by atoms with van der Waals surface area (Å²) < 4.78 is 42.9. The smallest absolute Gasteiger partial charge is 0.396 e. The quantitative estimate of drug-likeness (QED) is 0.857. The first-order valence-electron chi connectivity index (χ1n) is 5.59. The van der Waals surface area contributed by atoms with Gasteiger partial charge in [0.15, 0.2) is 0 Å². The molecule has 0 bridgehead atoms. The summed E-state index contributed by atoms with van der Waals surface area (Å²) in [6, 6.07) is 0.899. The molecule has 18 heavy (non-hydrogen) atoms. The van der Waals surface area contributed by atoms with Crippen LogP contribution in [0, 0.1) is 0 Å². The lowest BCUT2D eigenvalue weighted by Gasteiger charge is -2.19. The first-order chi connectivity index (χ1) is 8.38. The number of hydrogen-bond acceptors (Lipinski definition) is 4. The van der Waals surface area contributed by atoms with E-state index in [1.54, 1.807) is 0 Å². The third kappa shape index (κ3) is 2.66. The summed E-state index contributed by atoms with van der Waals surface area (Å²) >= 11 is 0. The third-order valence-electron chi connectivity index (χ3n) is 2.94. The fourth-order valence-electron chi connectivity index (χ4n) is 1.87. The van der Waals surface area contributed by atoms with Crippen LogP contribution in [0.25, 0.3) is 0 Å². The van der Waals surface area contributed by atoms with Gasteiger partial charge in [0.1, 0.15) is 5.69 Å². The molecule has 1 aromatic rings. The lowest BCUT2D eigenvalue weighted by Crippen LogP contribution is -2.27. The van der Waals surface area contributed by atoms with Crippen molar-refractivity contribution in [2.45, 2.75) is 31.7 Å². The van der Waals surface area contributed by atoms with Crippen molar-refractivity contribution in [1.29, 1.82) is 0 Å². The minimum absolute atomic E-state index is 0.0317. The number of nitrogen functional groups attached to an aromatic ring is 1. The van der Waals surface area contributed by atoms with Gasteiger partial charge in [0, 0.05) is 6.61 Å². The van der Waals surface area contributed by atoms with Crippen LogP contribution in [-0.2, 0) is 10.9 Å². The lowest BCUT2D eigenvalue weighted by molar-refractivity contribution is -0.141. The molecular weight excluding hydrogens is 247 g/mol. The predicted molar refractivity (Wildman–Crippen MR) is 61.1 cm³/mol. The highest BCUT2D eigenvalue weighted by atomic mass is 19.4. The van der Waals surface area contributed by atoms with Gasteiger partial charge in [-0.25, -0.2) is 4.98 Å². The summed E-state index contributed by atoms with van der Waals surface area (Å²) in [7, 11) is 0. The number of nitrogens with two attached hydrogens (primary N) is 1. The number of anilines is 2. The second kappa shape index (κ2) is 4.64. The van der Waals surface area contributed by atoms with Gasteiger partial charge in [0.2, 0.25) is 0 Å². The number of rotatable bonds is 2. The van der Waals surface area contributed by atoms with E-state index in [0.717, 1.165) is 18.7 Å². The maximum Gasteiger partial charge on any atom is 0.433 e. The summed E-state index contributed by atoms with van der Waals surface area (Å²) in [5, 5.41) is 2.98. The van der Waals surface area contributed by atoms with Crippen LogP contribution in [-0.4, -0.2) is 23.7 Å².